The van der Waals surface area contributed by atoms with E-state index in [0.29, 0.717) is 0 Å². The minimum atomic E-state index is -4.47. The number of ether oxygens (including phenoxy) is 1. The molecule has 0 aliphatic carbocycles. The first-order chi connectivity index (χ1) is 9.26. The van der Waals surface area contributed by atoms with Gasteiger partial charge in [0.15, 0.2) is 0 Å². The Hall–Kier alpha value is -1.33. The highest BCUT2D eigenvalue weighted by atomic mass is 32.2. The van der Waals surface area contributed by atoms with Crippen molar-refractivity contribution in [2.45, 2.75) is 28.6 Å². The van der Waals surface area contributed by atoms with Crippen LogP contribution in [0.4, 0.5) is 13.2 Å². The summed E-state index contributed by atoms with van der Waals surface area (Å²) in [6.07, 6.45) is -0.229. The first-order valence-electron chi connectivity index (χ1n) is 5.44. The van der Waals surface area contributed by atoms with Crippen molar-refractivity contribution in [3.8, 4) is 6.07 Å². The molecule has 0 radical (unpaired) electrons. The smallest absolute Gasteiger partial charge is 0.446 e. The number of nitrogens with zero attached hydrogens (tertiary/aromatic N) is 1. The van der Waals surface area contributed by atoms with Crippen LogP contribution in [0.3, 0.4) is 0 Å². The van der Waals surface area contributed by atoms with E-state index in [-0.39, 0.29) is 45.7 Å². The molecule has 0 fully saturated rings. The molecule has 1 aromatic carbocycles. The van der Waals surface area contributed by atoms with Crippen LogP contribution in [0.25, 0.3) is 0 Å². The predicted molar refractivity (Wildman–Crippen MR) is 70.7 cm³/mol. The fraction of sp³-hybridized carbons (Fsp3) is 0.333. The Kier molecular flexibility index (Phi) is 5.77. The van der Waals surface area contributed by atoms with Gasteiger partial charge in [-0.2, -0.15) is 18.4 Å². The predicted octanol–water partition coefficient (Wildman–Crippen LogP) is 3.56. The maximum Gasteiger partial charge on any atom is 0.446 e. The number of carbonyl (C=O) groups excluding carboxylic acids is 1. The molecule has 20 heavy (non-hydrogen) atoms. The lowest BCUT2D eigenvalue weighted by molar-refractivity contribution is -0.142. The largest absolute Gasteiger partial charge is 0.466 e. The number of esters is 1. The summed E-state index contributed by atoms with van der Waals surface area (Å²) < 4.78 is 41.8. The summed E-state index contributed by atoms with van der Waals surface area (Å²) in [6.45, 7) is 1.79. The van der Waals surface area contributed by atoms with E-state index in [1.807, 2.05) is 0 Å². The third-order valence-corrected chi connectivity index (χ3v) is 3.39. The van der Waals surface area contributed by atoms with Crippen LogP contribution in [0, 0.1) is 11.3 Å². The molecule has 0 N–H and O–H groups in total. The van der Waals surface area contributed by atoms with Gasteiger partial charge in [0.1, 0.15) is 6.07 Å². The first-order valence-corrected chi connectivity index (χ1v) is 6.70. The molecule has 0 aromatic heterocycles. The van der Waals surface area contributed by atoms with Gasteiger partial charge in [0.05, 0.1) is 18.6 Å². The average Bonchev–Trinajstić information content (AvgIpc) is 2.31. The quantitative estimate of drug-likeness (QED) is 0.523. The Balaban J connectivity index is 3.13. The van der Waals surface area contributed by atoms with Crippen LogP contribution in [0.1, 0.15) is 18.1 Å². The van der Waals surface area contributed by atoms with E-state index in [2.05, 4.69) is 12.6 Å². The molecule has 3 nitrogen and oxygen atoms in total. The van der Waals surface area contributed by atoms with Gasteiger partial charge < -0.3 is 4.74 Å². The molecule has 0 unspecified atom stereocenters. The first kappa shape index (κ1) is 16.7. The number of hydrogen-bond acceptors (Lipinski definition) is 5. The number of thioether (sulfide) groups is 1. The number of halogens is 3. The highest BCUT2D eigenvalue weighted by Crippen LogP contribution is 2.38. The number of thiol groups is 1. The van der Waals surface area contributed by atoms with Crippen LogP contribution in [-0.4, -0.2) is 18.1 Å². The van der Waals surface area contributed by atoms with Gasteiger partial charge in [0.25, 0.3) is 0 Å². The van der Waals surface area contributed by atoms with Crippen LogP contribution in [0.15, 0.2) is 21.9 Å². The highest BCUT2D eigenvalue weighted by molar-refractivity contribution is 8.00. The fourth-order valence-corrected chi connectivity index (χ4v) is 2.35. The maximum absolute atomic E-state index is 12.4. The Morgan fingerprint density at radius 3 is 2.65 bits per heavy atom. The van der Waals surface area contributed by atoms with Crippen LogP contribution >= 0.6 is 24.4 Å². The molecular formula is C12H10F3NO2S2. The normalized spacial score (nSPS) is 11.0. The van der Waals surface area contributed by atoms with Crippen molar-refractivity contribution in [1.29, 1.82) is 5.26 Å². The molecule has 8 heteroatoms. The topological polar surface area (TPSA) is 50.1 Å². The van der Waals surface area contributed by atoms with E-state index in [1.165, 1.54) is 6.07 Å². The summed E-state index contributed by atoms with van der Waals surface area (Å²) in [5, 5.41) is 8.90. The van der Waals surface area contributed by atoms with Crippen molar-refractivity contribution >= 4 is 30.4 Å². The average molecular weight is 321 g/mol. The SMILES string of the molecule is CCOC(=O)Cc1cc(SC(F)(F)F)cc(C#N)c1S. The standard InChI is InChI=1S/C12H10F3NO2S2/c1-2-18-10(17)5-7-3-9(20-12(13,14)15)4-8(6-16)11(7)19/h3-4,19H,2,5H2,1H3. The Bertz CT molecular complexity index is 553. The summed E-state index contributed by atoms with van der Waals surface area (Å²) in [7, 11) is 0. The lowest BCUT2D eigenvalue weighted by Gasteiger charge is -2.11. The molecular weight excluding hydrogens is 311 g/mol. The van der Waals surface area contributed by atoms with Gasteiger partial charge in [-0.05, 0) is 36.4 Å². The molecule has 0 saturated carbocycles. The molecule has 0 amide bonds. The minimum absolute atomic E-state index is 0.0121. The van der Waals surface area contributed by atoms with Crippen LogP contribution in [0.2, 0.25) is 0 Å². The van der Waals surface area contributed by atoms with Gasteiger partial charge in [0, 0.05) is 9.79 Å². The molecule has 0 saturated heterocycles. The third-order valence-electron chi connectivity index (χ3n) is 2.16. The zero-order valence-electron chi connectivity index (χ0n) is 10.3. The molecule has 0 aliphatic rings. The number of alkyl halides is 3. The summed E-state index contributed by atoms with van der Waals surface area (Å²) in [6, 6.07) is 4.04. The van der Waals surface area contributed by atoms with Gasteiger partial charge >= 0.3 is 11.5 Å². The van der Waals surface area contributed by atoms with Crippen molar-refractivity contribution in [2.75, 3.05) is 6.61 Å². The second kappa shape index (κ2) is 6.90. The van der Waals surface area contributed by atoms with Crippen LogP contribution < -0.4 is 0 Å². The maximum atomic E-state index is 12.4. The summed E-state index contributed by atoms with van der Waals surface area (Å²) >= 11 is 3.73. The van der Waals surface area contributed by atoms with E-state index in [1.54, 1.807) is 13.0 Å². The number of hydrogen-bond donors (Lipinski definition) is 1. The van der Waals surface area contributed by atoms with Gasteiger partial charge in [0.2, 0.25) is 0 Å². The molecule has 1 aromatic rings. The van der Waals surface area contributed by atoms with Gasteiger partial charge in [-0.1, -0.05) is 0 Å². The highest BCUT2D eigenvalue weighted by Gasteiger charge is 2.30. The number of benzene rings is 1. The lowest BCUT2D eigenvalue weighted by Crippen LogP contribution is -2.09. The van der Waals surface area contributed by atoms with E-state index >= 15 is 0 Å². The second-order valence-corrected chi connectivity index (χ2v) is 5.21. The number of carbonyl (C=O) groups is 1. The van der Waals surface area contributed by atoms with E-state index in [9.17, 15) is 18.0 Å². The zero-order chi connectivity index (χ0) is 15.3. The van der Waals surface area contributed by atoms with Crippen molar-refractivity contribution in [1.82, 2.24) is 0 Å². The Morgan fingerprint density at radius 1 is 1.50 bits per heavy atom. The molecule has 0 bridgehead atoms. The van der Waals surface area contributed by atoms with E-state index in [4.69, 9.17) is 10.00 Å². The van der Waals surface area contributed by atoms with E-state index < -0.39 is 11.5 Å². The lowest BCUT2D eigenvalue weighted by atomic mass is 10.1. The minimum Gasteiger partial charge on any atom is -0.466 e. The molecule has 0 atom stereocenters. The van der Waals surface area contributed by atoms with Gasteiger partial charge in [-0.3, -0.25) is 4.79 Å². The zero-order valence-corrected chi connectivity index (χ0v) is 12.0. The second-order valence-electron chi connectivity index (χ2n) is 3.62. The van der Waals surface area contributed by atoms with E-state index in [0.717, 1.165) is 6.07 Å². The third kappa shape index (κ3) is 4.98. The van der Waals surface area contributed by atoms with Crippen molar-refractivity contribution < 1.29 is 22.7 Å². The van der Waals surface area contributed by atoms with Gasteiger partial charge in [-0.25, -0.2) is 0 Å². The fourth-order valence-electron chi connectivity index (χ4n) is 1.45. The number of rotatable bonds is 4. The number of nitriles is 1. The van der Waals surface area contributed by atoms with Gasteiger partial charge in [-0.15, -0.1) is 12.6 Å². The molecule has 0 heterocycles. The molecule has 0 aliphatic heterocycles. The summed E-state index contributed by atoms with van der Waals surface area (Å²) in [4.78, 5) is 11.4. The molecule has 108 valence electrons. The van der Waals surface area contributed by atoms with Crippen molar-refractivity contribution in [3.63, 3.8) is 0 Å². The van der Waals surface area contributed by atoms with Crippen LogP contribution in [-0.2, 0) is 16.0 Å². The molecule has 1 rings (SSSR count). The van der Waals surface area contributed by atoms with Crippen molar-refractivity contribution in [2.24, 2.45) is 0 Å². The summed E-state index contributed by atoms with van der Waals surface area (Å²) in [5.74, 6) is -0.583. The monoisotopic (exact) mass is 321 g/mol. The Morgan fingerprint density at radius 2 is 2.15 bits per heavy atom. The van der Waals surface area contributed by atoms with Crippen molar-refractivity contribution in [3.05, 3.63) is 23.3 Å². The molecule has 0 spiro atoms. The van der Waals surface area contributed by atoms with Crippen LogP contribution in [0.5, 0.6) is 0 Å². The summed E-state index contributed by atoms with van der Waals surface area (Å²) in [5.41, 5.74) is -4.24. The Labute approximate surface area is 123 Å².